The Morgan fingerprint density at radius 3 is 3.00 bits per heavy atom. The van der Waals surface area contributed by atoms with Gasteiger partial charge >= 0.3 is 0 Å². The number of likely N-dealkylation sites (N-methyl/N-ethyl adjacent to an activating group) is 1. The van der Waals surface area contributed by atoms with E-state index in [0.717, 1.165) is 25.9 Å². The summed E-state index contributed by atoms with van der Waals surface area (Å²) in [7, 11) is 2.01. The van der Waals surface area contributed by atoms with Gasteiger partial charge in [0.05, 0.1) is 5.60 Å². The molecular formula is C14H22N2O. The van der Waals surface area contributed by atoms with Crippen molar-refractivity contribution in [2.45, 2.75) is 44.8 Å². The molecule has 1 fully saturated rings. The van der Waals surface area contributed by atoms with Crippen LogP contribution in [-0.4, -0.2) is 30.3 Å². The summed E-state index contributed by atoms with van der Waals surface area (Å²) < 4.78 is 5.92. The molecule has 1 aromatic rings. The van der Waals surface area contributed by atoms with Gasteiger partial charge in [0.1, 0.15) is 0 Å². The van der Waals surface area contributed by atoms with Crippen molar-refractivity contribution in [3.8, 4) is 0 Å². The highest BCUT2D eigenvalue weighted by Gasteiger charge is 2.37. The number of ether oxygens (including phenoxy) is 1. The first-order chi connectivity index (χ1) is 8.15. The van der Waals surface area contributed by atoms with E-state index in [4.69, 9.17) is 4.74 Å². The first-order valence-corrected chi connectivity index (χ1v) is 6.37. The standard InChI is InChI=1S/C14H22N2O/c1-11-6-4-8-16-12(11)10-13(15-3)14(2)7-5-9-17-14/h4,6,8,13,15H,5,7,9-10H2,1-3H3. The zero-order valence-electron chi connectivity index (χ0n) is 11.0. The molecular weight excluding hydrogens is 212 g/mol. The van der Waals surface area contributed by atoms with Gasteiger partial charge < -0.3 is 10.1 Å². The molecule has 0 aromatic carbocycles. The molecule has 17 heavy (non-hydrogen) atoms. The van der Waals surface area contributed by atoms with Crippen LogP contribution >= 0.6 is 0 Å². The second kappa shape index (κ2) is 5.15. The molecule has 0 radical (unpaired) electrons. The van der Waals surface area contributed by atoms with Crippen LogP contribution in [-0.2, 0) is 11.2 Å². The maximum Gasteiger partial charge on any atom is 0.0811 e. The zero-order valence-corrected chi connectivity index (χ0v) is 11.0. The van der Waals surface area contributed by atoms with E-state index in [-0.39, 0.29) is 5.60 Å². The van der Waals surface area contributed by atoms with Crippen molar-refractivity contribution in [2.24, 2.45) is 0 Å². The highest BCUT2D eigenvalue weighted by molar-refractivity contribution is 5.19. The number of aromatic nitrogens is 1. The summed E-state index contributed by atoms with van der Waals surface area (Å²) in [6, 6.07) is 4.44. The zero-order chi connectivity index (χ0) is 12.3. The second-order valence-corrected chi connectivity index (χ2v) is 5.08. The minimum Gasteiger partial charge on any atom is -0.374 e. The first kappa shape index (κ1) is 12.5. The van der Waals surface area contributed by atoms with Gasteiger partial charge in [0.25, 0.3) is 0 Å². The largest absolute Gasteiger partial charge is 0.374 e. The van der Waals surface area contributed by atoms with Crippen LogP contribution in [0.1, 0.15) is 31.0 Å². The number of rotatable bonds is 4. The third-order valence-corrected chi connectivity index (χ3v) is 3.85. The molecule has 94 valence electrons. The highest BCUT2D eigenvalue weighted by Crippen LogP contribution is 2.30. The van der Waals surface area contributed by atoms with Crippen LogP contribution in [0.5, 0.6) is 0 Å². The normalized spacial score (nSPS) is 26.1. The maximum absolute atomic E-state index is 5.92. The maximum atomic E-state index is 5.92. The van der Waals surface area contributed by atoms with Gasteiger partial charge in [-0.05, 0) is 45.4 Å². The smallest absolute Gasteiger partial charge is 0.0811 e. The van der Waals surface area contributed by atoms with Crippen molar-refractivity contribution in [3.63, 3.8) is 0 Å². The lowest BCUT2D eigenvalue weighted by atomic mass is 9.89. The van der Waals surface area contributed by atoms with E-state index in [9.17, 15) is 0 Å². The van der Waals surface area contributed by atoms with Gasteiger partial charge in [-0.3, -0.25) is 4.98 Å². The van der Waals surface area contributed by atoms with Crippen molar-refractivity contribution >= 4 is 0 Å². The van der Waals surface area contributed by atoms with Crippen LogP contribution in [0, 0.1) is 6.92 Å². The Morgan fingerprint density at radius 2 is 2.41 bits per heavy atom. The van der Waals surface area contributed by atoms with Crippen molar-refractivity contribution in [1.82, 2.24) is 10.3 Å². The van der Waals surface area contributed by atoms with Gasteiger partial charge in [0, 0.05) is 31.0 Å². The van der Waals surface area contributed by atoms with Gasteiger partial charge in [-0.25, -0.2) is 0 Å². The third-order valence-electron chi connectivity index (χ3n) is 3.85. The monoisotopic (exact) mass is 234 g/mol. The van der Waals surface area contributed by atoms with Crippen molar-refractivity contribution < 1.29 is 4.74 Å². The number of nitrogens with zero attached hydrogens (tertiary/aromatic N) is 1. The summed E-state index contributed by atoms with van der Waals surface area (Å²) >= 11 is 0. The fourth-order valence-electron chi connectivity index (χ4n) is 2.62. The van der Waals surface area contributed by atoms with Gasteiger partial charge in [0.2, 0.25) is 0 Å². The molecule has 0 amide bonds. The molecule has 1 aromatic heterocycles. The number of nitrogens with one attached hydrogen (secondary N) is 1. The Kier molecular flexibility index (Phi) is 3.79. The van der Waals surface area contributed by atoms with Gasteiger partial charge in [-0.1, -0.05) is 6.07 Å². The quantitative estimate of drug-likeness (QED) is 0.866. The second-order valence-electron chi connectivity index (χ2n) is 5.08. The summed E-state index contributed by atoms with van der Waals surface area (Å²) in [5.74, 6) is 0. The van der Waals surface area contributed by atoms with E-state index in [1.54, 1.807) is 0 Å². The Hall–Kier alpha value is -0.930. The van der Waals surface area contributed by atoms with Crippen LogP contribution in [0.2, 0.25) is 0 Å². The Labute approximate surface area is 104 Å². The summed E-state index contributed by atoms with van der Waals surface area (Å²) in [6.45, 7) is 5.21. The summed E-state index contributed by atoms with van der Waals surface area (Å²) in [4.78, 5) is 4.47. The molecule has 1 aliphatic rings. The summed E-state index contributed by atoms with van der Waals surface area (Å²) in [5.41, 5.74) is 2.39. The van der Waals surface area contributed by atoms with E-state index in [0.29, 0.717) is 6.04 Å². The molecule has 1 N–H and O–H groups in total. The molecule has 2 rings (SSSR count). The van der Waals surface area contributed by atoms with Crippen LogP contribution in [0.3, 0.4) is 0 Å². The Balaban J connectivity index is 2.12. The first-order valence-electron chi connectivity index (χ1n) is 6.37. The molecule has 2 heterocycles. The van der Waals surface area contributed by atoms with E-state index in [1.165, 1.54) is 11.3 Å². The van der Waals surface area contributed by atoms with E-state index in [2.05, 4.69) is 30.2 Å². The predicted octanol–water partition coefficient (Wildman–Crippen LogP) is 2.09. The predicted molar refractivity (Wildman–Crippen MR) is 69.1 cm³/mol. The van der Waals surface area contributed by atoms with Crippen molar-refractivity contribution in [3.05, 3.63) is 29.6 Å². The molecule has 1 saturated heterocycles. The van der Waals surface area contributed by atoms with E-state index >= 15 is 0 Å². The topological polar surface area (TPSA) is 34.2 Å². The highest BCUT2D eigenvalue weighted by atomic mass is 16.5. The molecule has 0 spiro atoms. The lowest BCUT2D eigenvalue weighted by Crippen LogP contribution is -2.48. The fourth-order valence-corrected chi connectivity index (χ4v) is 2.62. The Bertz CT molecular complexity index is 372. The van der Waals surface area contributed by atoms with Crippen LogP contribution in [0.15, 0.2) is 18.3 Å². The van der Waals surface area contributed by atoms with Crippen LogP contribution in [0.25, 0.3) is 0 Å². The number of pyridine rings is 1. The third kappa shape index (κ3) is 2.67. The SMILES string of the molecule is CNC(Cc1ncccc1C)C1(C)CCCO1. The Morgan fingerprint density at radius 1 is 1.59 bits per heavy atom. The molecule has 2 unspecified atom stereocenters. The van der Waals surface area contributed by atoms with Crippen molar-refractivity contribution in [2.75, 3.05) is 13.7 Å². The molecule has 0 bridgehead atoms. The number of hydrogen-bond acceptors (Lipinski definition) is 3. The van der Waals surface area contributed by atoms with Crippen molar-refractivity contribution in [1.29, 1.82) is 0 Å². The van der Waals surface area contributed by atoms with E-state index < -0.39 is 0 Å². The molecule has 0 aliphatic carbocycles. The fraction of sp³-hybridized carbons (Fsp3) is 0.643. The van der Waals surface area contributed by atoms with E-state index in [1.807, 2.05) is 19.3 Å². The number of hydrogen-bond donors (Lipinski definition) is 1. The minimum absolute atomic E-state index is 0.0429. The molecule has 3 heteroatoms. The molecule has 2 atom stereocenters. The lowest BCUT2D eigenvalue weighted by molar-refractivity contribution is -0.00970. The minimum atomic E-state index is -0.0429. The summed E-state index contributed by atoms with van der Waals surface area (Å²) in [5, 5.41) is 3.40. The average molecular weight is 234 g/mol. The van der Waals surface area contributed by atoms with Crippen LogP contribution < -0.4 is 5.32 Å². The molecule has 3 nitrogen and oxygen atoms in total. The van der Waals surface area contributed by atoms with Gasteiger partial charge in [-0.15, -0.1) is 0 Å². The van der Waals surface area contributed by atoms with Gasteiger partial charge in [0.15, 0.2) is 0 Å². The average Bonchev–Trinajstić information content (AvgIpc) is 2.76. The lowest BCUT2D eigenvalue weighted by Gasteiger charge is -2.33. The number of aryl methyl sites for hydroxylation is 1. The summed E-state index contributed by atoms with van der Waals surface area (Å²) in [6.07, 6.45) is 5.09. The molecule has 0 saturated carbocycles. The molecule has 1 aliphatic heterocycles. The van der Waals surface area contributed by atoms with Gasteiger partial charge in [-0.2, -0.15) is 0 Å². The van der Waals surface area contributed by atoms with Crippen LogP contribution in [0.4, 0.5) is 0 Å².